The highest BCUT2D eigenvalue weighted by Gasteiger charge is 2.34. The molecule has 0 bridgehead atoms. The molecule has 1 fully saturated rings. The summed E-state index contributed by atoms with van der Waals surface area (Å²) >= 11 is 0. The summed E-state index contributed by atoms with van der Waals surface area (Å²) in [5.41, 5.74) is 0.495. The second-order valence-corrected chi connectivity index (χ2v) is 5.18. The Morgan fingerprint density at radius 3 is 2.56 bits per heavy atom. The smallest absolute Gasteiger partial charge is 0.191 e. The fraction of sp³-hybridized carbons (Fsp3) is 0.929. The van der Waals surface area contributed by atoms with E-state index < -0.39 is 0 Å². The number of nitrogens with one attached hydrogen (secondary N) is 2. The highest BCUT2D eigenvalue weighted by molar-refractivity contribution is 5.79. The van der Waals surface area contributed by atoms with E-state index in [2.05, 4.69) is 24.5 Å². The first-order chi connectivity index (χ1) is 8.76. The molecule has 106 valence electrons. The van der Waals surface area contributed by atoms with Gasteiger partial charge in [0.2, 0.25) is 0 Å². The van der Waals surface area contributed by atoms with Crippen molar-refractivity contribution >= 4 is 5.96 Å². The van der Waals surface area contributed by atoms with Crippen LogP contribution in [0, 0.1) is 5.41 Å². The number of nitrogens with zero attached hydrogens (tertiary/aromatic N) is 1. The lowest BCUT2D eigenvalue weighted by molar-refractivity contribution is 0.139. The third-order valence-corrected chi connectivity index (χ3v) is 3.90. The molecule has 0 heterocycles. The van der Waals surface area contributed by atoms with Gasteiger partial charge >= 0.3 is 0 Å². The van der Waals surface area contributed by atoms with E-state index >= 15 is 0 Å². The van der Waals surface area contributed by atoms with Crippen LogP contribution in [0.1, 0.15) is 46.0 Å². The van der Waals surface area contributed by atoms with Crippen molar-refractivity contribution in [2.45, 2.75) is 46.0 Å². The molecule has 0 amide bonds. The quantitative estimate of drug-likeness (QED) is 0.397. The predicted molar refractivity (Wildman–Crippen MR) is 77.0 cm³/mol. The summed E-state index contributed by atoms with van der Waals surface area (Å²) in [4.78, 5) is 4.73. The normalized spacial score (nSPS) is 18.3. The van der Waals surface area contributed by atoms with Gasteiger partial charge in [-0.05, 0) is 38.0 Å². The van der Waals surface area contributed by atoms with Crippen LogP contribution in [0.4, 0.5) is 0 Å². The van der Waals surface area contributed by atoms with Gasteiger partial charge in [0.1, 0.15) is 0 Å². The summed E-state index contributed by atoms with van der Waals surface area (Å²) in [7, 11) is 1.74. The molecule has 0 aromatic carbocycles. The van der Waals surface area contributed by atoms with Gasteiger partial charge in [-0.25, -0.2) is 0 Å². The van der Waals surface area contributed by atoms with Gasteiger partial charge in [-0.1, -0.05) is 13.3 Å². The van der Waals surface area contributed by atoms with Crippen molar-refractivity contribution in [3.63, 3.8) is 0 Å². The van der Waals surface area contributed by atoms with Crippen LogP contribution in [0.15, 0.2) is 4.99 Å². The van der Waals surface area contributed by atoms with E-state index in [1.807, 2.05) is 0 Å². The Morgan fingerprint density at radius 1 is 1.28 bits per heavy atom. The summed E-state index contributed by atoms with van der Waals surface area (Å²) in [5.74, 6) is 0.952. The van der Waals surface area contributed by atoms with Gasteiger partial charge in [-0.3, -0.25) is 4.99 Å². The topological polar surface area (TPSA) is 45.7 Å². The van der Waals surface area contributed by atoms with Crippen LogP contribution in [0.3, 0.4) is 0 Å². The monoisotopic (exact) mass is 255 g/mol. The van der Waals surface area contributed by atoms with Crippen LogP contribution >= 0.6 is 0 Å². The Bertz CT molecular complexity index is 244. The minimum atomic E-state index is 0.495. The molecule has 2 N–H and O–H groups in total. The standard InChI is InChI=1S/C14H29N3O/c1-4-14(8-6-9-14)12-17-13(15-5-2)16-10-7-11-18-3/h4-12H2,1-3H3,(H2,15,16,17). The Hall–Kier alpha value is -0.770. The van der Waals surface area contributed by atoms with Crippen LogP contribution < -0.4 is 10.6 Å². The maximum atomic E-state index is 5.04. The zero-order valence-electron chi connectivity index (χ0n) is 12.2. The molecule has 1 rings (SSSR count). The Balaban J connectivity index is 2.34. The number of guanidine groups is 1. The number of rotatable bonds is 8. The number of hydrogen-bond acceptors (Lipinski definition) is 2. The first kappa shape index (κ1) is 15.3. The zero-order chi connectivity index (χ0) is 13.3. The maximum absolute atomic E-state index is 5.04. The van der Waals surface area contributed by atoms with Crippen LogP contribution in [-0.2, 0) is 4.74 Å². The second-order valence-electron chi connectivity index (χ2n) is 5.18. The van der Waals surface area contributed by atoms with Gasteiger partial charge in [0, 0.05) is 33.4 Å². The van der Waals surface area contributed by atoms with Gasteiger partial charge in [-0.2, -0.15) is 0 Å². The molecule has 0 aliphatic heterocycles. The van der Waals surface area contributed by atoms with Crippen molar-refractivity contribution in [3.8, 4) is 0 Å². The summed E-state index contributed by atoms with van der Waals surface area (Å²) in [5, 5.41) is 6.66. The SMILES string of the molecule is CCNC(=NCC1(CC)CCC1)NCCCOC. The molecule has 0 unspecified atom stereocenters. The molecule has 0 aromatic heterocycles. The summed E-state index contributed by atoms with van der Waals surface area (Å²) in [6, 6.07) is 0. The summed E-state index contributed by atoms with van der Waals surface area (Å²) < 4.78 is 5.04. The van der Waals surface area contributed by atoms with Gasteiger partial charge < -0.3 is 15.4 Å². The fourth-order valence-corrected chi connectivity index (χ4v) is 2.31. The average Bonchev–Trinajstić information content (AvgIpc) is 2.33. The molecular weight excluding hydrogens is 226 g/mol. The largest absolute Gasteiger partial charge is 0.385 e. The molecule has 0 atom stereocenters. The van der Waals surface area contributed by atoms with Gasteiger partial charge in [0.15, 0.2) is 5.96 Å². The van der Waals surface area contributed by atoms with Crippen molar-refractivity contribution < 1.29 is 4.74 Å². The maximum Gasteiger partial charge on any atom is 0.191 e. The van der Waals surface area contributed by atoms with Crippen molar-refractivity contribution in [1.82, 2.24) is 10.6 Å². The van der Waals surface area contributed by atoms with E-state index in [0.29, 0.717) is 5.41 Å². The number of ether oxygens (including phenoxy) is 1. The summed E-state index contributed by atoms with van der Waals surface area (Å²) in [6.07, 6.45) is 6.33. The molecule has 0 spiro atoms. The zero-order valence-corrected chi connectivity index (χ0v) is 12.2. The molecular formula is C14H29N3O. The number of methoxy groups -OCH3 is 1. The van der Waals surface area contributed by atoms with E-state index in [1.54, 1.807) is 7.11 Å². The highest BCUT2D eigenvalue weighted by atomic mass is 16.5. The Labute approximate surface area is 112 Å². The van der Waals surface area contributed by atoms with E-state index in [0.717, 1.165) is 38.6 Å². The lowest BCUT2D eigenvalue weighted by Crippen LogP contribution is -2.40. The molecule has 0 aromatic rings. The van der Waals surface area contributed by atoms with Crippen molar-refractivity contribution in [3.05, 3.63) is 0 Å². The molecule has 18 heavy (non-hydrogen) atoms. The predicted octanol–water partition coefficient (Wildman–Crippen LogP) is 2.16. The second kappa shape index (κ2) is 8.35. The van der Waals surface area contributed by atoms with Crippen LogP contribution in [-0.4, -0.2) is 39.3 Å². The number of aliphatic imine (C=N–C) groups is 1. The van der Waals surface area contributed by atoms with Gasteiger partial charge in [-0.15, -0.1) is 0 Å². The molecule has 0 saturated heterocycles. The van der Waals surface area contributed by atoms with Crippen LogP contribution in [0.25, 0.3) is 0 Å². The van der Waals surface area contributed by atoms with Crippen LogP contribution in [0.2, 0.25) is 0 Å². The lowest BCUT2D eigenvalue weighted by Gasteiger charge is -2.40. The molecule has 0 radical (unpaired) electrons. The fourth-order valence-electron chi connectivity index (χ4n) is 2.31. The Morgan fingerprint density at radius 2 is 2.06 bits per heavy atom. The van der Waals surface area contributed by atoms with Crippen LogP contribution in [0.5, 0.6) is 0 Å². The van der Waals surface area contributed by atoms with Crippen molar-refractivity contribution in [2.24, 2.45) is 10.4 Å². The molecule has 4 nitrogen and oxygen atoms in total. The Kier molecular flexibility index (Phi) is 7.09. The third kappa shape index (κ3) is 4.84. The first-order valence-corrected chi connectivity index (χ1v) is 7.27. The van der Waals surface area contributed by atoms with Gasteiger partial charge in [0.25, 0.3) is 0 Å². The van der Waals surface area contributed by atoms with Crippen molar-refractivity contribution in [1.29, 1.82) is 0 Å². The number of hydrogen-bond donors (Lipinski definition) is 2. The highest BCUT2D eigenvalue weighted by Crippen LogP contribution is 2.43. The first-order valence-electron chi connectivity index (χ1n) is 7.27. The average molecular weight is 255 g/mol. The molecule has 1 aliphatic rings. The van der Waals surface area contributed by atoms with E-state index in [1.165, 1.54) is 25.7 Å². The van der Waals surface area contributed by atoms with E-state index in [9.17, 15) is 0 Å². The molecule has 4 heteroatoms. The third-order valence-electron chi connectivity index (χ3n) is 3.90. The van der Waals surface area contributed by atoms with E-state index in [-0.39, 0.29) is 0 Å². The molecule has 1 aliphatic carbocycles. The van der Waals surface area contributed by atoms with Crippen molar-refractivity contribution in [2.75, 3.05) is 33.4 Å². The molecule has 1 saturated carbocycles. The lowest BCUT2D eigenvalue weighted by atomic mass is 9.67. The van der Waals surface area contributed by atoms with E-state index in [4.69, 9.17) is 9.73 Å². The minimum Gasteiger partial charge on any atom is -0.385 e. The van der Waals surface area contributed by atoms with Gasteiger partial charge in [0.05, 0.1) is 0 Å². The summed E-state index contributed by atoms with van der Waals surface area (Å²) in [6.45, 7) is 7.97. The minimum absolute atomic E-state index is 0.495.